The molecule has 6 nitrogen and oxygen atoms in total. The average molecular weight is 369 g/mol. The molecule has 27 heavy (non-hydrogen) atoms. The molecular formula is C21H27N3O3. The van der Waals surface area contributed by atoms with Gasteiger partial charge in [-0.05, 0) is 51.4 Å². The largest absolute Gasteiger partial charge is 0.501 e. The molecule has 3 atom stereocenters. The van der Waals surface area contributed by atoms with Crippen LogP contribution in [-0.4, -0.2) is 50.9 Å². The smallest absolute Gasteiger partial charge is 0.261 e. The van der Waals surface area contributed by atoms with Gasteiger partial charge < -0.3 is 9.84 Å². The molecule has 0 saturated carbocycles. The van der Waals surface area contributed by atoms with Gasteiger partial charge in [0, 0.05) is 12.1 Å². The van der Waals surface area contributed by atoms with E-state index in [-0.39, 0.29) is 29.2 Å². The number of para-hydroxylation sites is 1. The van der Waals surface area contributed by atoms with E-state index >= 15 is 0 Å². The summed E-state index contributed by atoms with van der Waals surface area (Å²) in [7, 11) is 1.67. The second-order valence-electron chi connectivity index (χ2n) is 8.09. The van der Waals surface area contributed by atoms with Crippen LogP contribution >= 0.6 is 0 Å². The SMILES string of the molecule is COC1=C[C@@H]2[C@@H](O)CCCN2C(C)(C)[C@H]1Cn1cnc2ccccc2c1=O. The van der Waals surface area contributed by atoms with Crippen LogP contribution in [0.4, 0.5) is 0 Å². The van der Waals surface area contributed by atoms with Gasteiger partial charge in [-0.25, -0.2) is 4.98 Å². The second kappa shape index (κ2) is 6.77. The zero-order valence-electron chi connectivity index (χ0n) is 16.1. The summed E-state index contributed by atoms with van der Waals surface area (Å²) >= 11 is 0. The molecule has 0 unspecified atom stereocenters. The summed E-state index contributed by atoms with van der Waals surface area (Å²) in [5.74, 6) is 0.826. The Morgan fingerprint density at radius 2 is 2.11 bits per heavy atom. The van der Waals surface area contributed by atoms with Gasteiger partial charge in [-0.2, -0.15) is 0 Å². The predicted molar refractivity (Wildman–Crippen MR) is 104 cm³/mol. The fourth-order valence-corrected chi connectivity index (χ4v) is 4.66. The van der Waals surface area contributed by atoms with Crippen LogP contribution in [0.3, 0.4) is 0 Å². The van der Waals surface area contributed by atoms with Crippen molar-refractivity contribution in [1.82, 2.24) is 14.5 Å². The number of aromatic nitrogens is 2. The summed E-state index contributed by atoms with van der Waals surface area (Å²) < 4.78 is 7.41. The Kier molecular flexibility index (Phi) is 4.56. The van der Waals surface area contributed by atoms with Crippen molar-refractivity contribution in [2.75, 3.05) is 13.7 Å². The zero-order valence-corrected chi connectivity index (χ0v) is 16.1. The molecule has 6 heteroatoms. The molecule has 1 aromatic carbocycles. The van der Waals surface area contributed by atoms with Crippen molar-refractivity contribution >= 4 is 10.9 Å². The summed E-state index contributed by atoms with van der Waals surface area (Å²) in [6, 6.07) is 7.38. The standard InChI is InChI=1S/C21H27N3O3/c1-21(2)15(19(27-3)11-17-18(25)9-6-10-24(17)21)12-23-13-22-16-8-5-4-7-14(16)20(23)26/h4-5,7-8,11,13,15,17-18,25H,6,9-10,12H2,1-3H3/t15-,17+,18-/m0/s1. The van der Waals surface area contributed by atoms with Crippen molar-refractivity contribution in [2.45, 2.75) is 50.9 Å². The molecule has 2 aliphatic rings. The summed E-state index contributed by atoms with van der Waals surface area (Å²) in [4.78, 5) is 19.8. The lowest BCUT2D eigenvalue weighted by Gasteiger charge is -2.54. The van der Waals surface area contributed by atoms with Crippen LogP contribution in [-0.2, 0) is 11.3 Å². The highest BCUT2D eigenvalue weighted by Crippen LogP contribution is 2.41. The Hall–Kier alpha value is -2.18. The monoisotopic (exact) mass is 369 g/mol. The van der Waals surface area contributed by atoms with Crippen molar-refractivity contribution in [3.8, 4) is 0 Å². The molecule has 1 fully saturated rings. The van der Waals surface area contributed by atoms with Gasteiger partial charge in [0.2, 0.25) is 0 Å². The minimum absolute atomic E-state index is 0.00953. The normalized spacial score (nSPS) is 27.9. The van der Waals surface area contributed by atoms with Crippen molar-refractivity contribution in [3.05, 3.63) is 52.8 Å². The third kappa shape index (κ3) is 2.97. The molecule has 2 aromatic rings. The molecule has 0 amide bonds. The first kappa shape index (κ1) is 18.2. The molecule has 0 spiro atoms. The maximum Gasteiger partial charge on any atom is 0.261 e. The molecule has 1 aromatic heterocycles. The van der Waals surface area contributed by atoms with Gasteiger partial charge in [0.25, 0.3) is 5.56 Å². The number of piperidine rings is 1. The van der Waals surface area contributed by atoms with Crippen LogP contribution in [0, 0.1) is 5.92 Å². The van der Waals surface area contributed by atoms with E-state index in [1.807, 2.05) is 30.3 Å². The number of methoxy groups -OCH3 is 1. The van der Waals surface area contributed by atoms with Crippen LogP contribution in [0.5, 0.6) is 0 Å². The first-order chi connectivity index (χ1) is 12.9. The maximum absolute atomic E-state index is 13.0. The van der Waals surface area contributed by atoms with Crippen molar-refractivity contribution in [3.63, 3.8) is 0 Å². The highest BCUT2D eigenvalue weighted by molar-refractivity contribution is 5.76. The zero-order chi connectivity index (χ0) is 19.2. The van der Waals surface area contributed by atoms with E-state index in [9.17, 15) is 9.90 Å². The van der Waals surface area contributed by atoms with Gasteiger partial charge in [0.1, 0.15) is 0 Å². The lowest BCUT2D eigenvalue weighted by molar-refractivity contribution is -0.0624. The Morgan fingerprint density at radius 1 is 1.33 bits per heavy atom. The minimum atomic E-state index is -0.380. The number of aliphatic hydroxyl groups excluding tert-OH is 1. The van der Waals surface area contributed by atoms with Crippen LogP contribution < -0.4 is 5.56 Å². The quantitative estimate of drug-likeness (QED) is 0.898. The molecule has 1 saturated heterocycles. The summed E-state index contributed by atoms with van der Waals surface area (Å²) in [6.07, 6.45) is 5.07. The van der Waals surface area contributed by atoms with Gasteiger partial charge in [-0.3, -0.25) is 14.3 Å². The number of hydrogen-bond donors (Lipinski definition) is 1. The van der Waals surface area contributed by atoms with Gasteiger partial charge in [-0.1, -0.05) is 12.1 Å². The van der Waals surface area contributed by atoms with Gasteiger partial charge in [0.05, 0.1) is 48.2 Å². The van der Waals surface area contributed by atoms with E-state index in [2.05, 4.69) is 23.7 Å². The van der Waals surface area contributed by atoms with E-state index < -0.39 is 0 Å². The average Bonchev–Trinajstić information content (AvgIpc) is 2.66. The molecule has 4 rings (SSSR count). The lowest BCUT2D eigenvalue weighted by atomic mass is 9.76. The minimum Gasteiger partial charge on any atom is -0.501 e. The Labute approximate surface area is 159 Å². The number of benzene rings is 1. The van der Waals surface area contributed by atoms with E-state index in [0.29, 0.717) is 17.4 Å². The Morgan fingerprint density at radius 3 is 2.89 bits per heavy atom. The molecule has 0 radical (unpaired) electrons. The molecule has 3 heterocycles. The first-order valence-corrected chi connectivity index (χ1v) is 9.58. The molecule has 0 bridgehead atoms. The van der Waals surface area contributed by atoms with Crippen LogP contribution in [0.2, 0.25) is 0 Å². The highest BCUT2D eigenvalue weighted by Gasteiger charge is 2.48. The maximum atomic E-state index is 13.0. The van der Waals surface area contributed by atoms with Crippen molar-refractivity contribution in [2.24, 2.45) is 5.92 Å². The van der Waals surface area contributed by atoms with Crippen LogP contribution in [0.1, 0.15) is 26.7 Å². The predicted octanol–water partition coefficient (Wildman–Crippen LogP) is 2.16. The summed E-state index contributed by atoms with van der Waals surface area (Å²) in [5.41, 5.74) is 0.424. The first-order valence-electron chi connectivity index (χ1n) is 9.58. The Bertz CT molecular complexity index is 934. The van der Waals surface area contributed by atoms with E-state index in [1.54, 1.807) is 18.0 Å². The number of fused-ring (bicyclic) bond motifs is 2. The van der Waals surface area contributed by atoms with Gasteiger partial charge in [0.15, 0.2) is 0 Å². The molecule has 1 N–H and O–H groups in total. The topological polar surface area (TPSA) is 67.6 Å². The molecule has 0 aliphatic carbocycles. The second-order valence-corrected chi connectivity index (χ2v) is 8.09. The number of hydrogen-bond acceptors (Lipinski definition) is 5. The van der Waals surface area contributed by atoms with Crippen molar-refractivity contribution < 1.29 is 9.84 Å². The van der Waals surface area contributed by atoms with Crippen LogP contribution in [0.25, 0.3) is 10.9 Å². The fraction of sp³-hybridized carbons (Fsp3) is 0.524. The summed E-state index contributed by atoms with van der Waals surface area (Å²) in [5, 5.41) is 11.1. The number of aliphatic hydroxyl groups is 1. The molecule has 144 valence electrons. The summed E-state index contributed by atoms with van der Waals surface area (Å²) in [6.45, 7) is 5.77. The third-order valence-corrected chi connectivity index (χ3v) is 6.27. The number of nitrogens with zero attached hydrogens (tertiary/aromatic N) is 3. The fourth-order valence-electron chi connectivity index (χ4n) is 4.66. The molecule has 2 aliphatic heterocycles. The Balaban J connectivity index is 1.75. The van der Waals surface area contributed by atoms with Crippen LogP contribution in [0.15, 0.2) is 47.2 Å². The van der Waals surface area contributed by atoms with Crippen molar-refractivity contribution in [1.29, 1.82) is 0 Å². The van der Waals surface area contributed by atoms with Gasteiger partial charge in [-0.15, -0.1) is 0 Å². The van der Waals surface area contributed by atoms with E-state index in [4.69, 9.17) is 4.74 Å². The van der Waals surface area contributed by atoms with Gasteiger partial charge >= 0.3 is 0 Å². The third-order valence-electron chi connectivity index (χ3n) is 6.27. The molecular weight excluding hydrogens is 342 g/mol. The number of rotatable bonds is 3. The number of ether oxygens (including phenoxy) is 1. The van der Waals surface area contributed by atoms with E-state index in [1.165, 1.54) is 0 Å². The lowest BCUT2D eigenvalue weighted by Crippen LogP contribution is -2.63. The highest BCUT2D eigenvalue weighted by atomic mass is 16.5. The van der Waals surface area contributed by atoms with E-state index in [0.717, 1.165) is 25.1 Å².